The molecule has 1 fully saturated rings. The monoisotopic (exact) mass is 633 g/mol. The van der Waals surface area contributed by atoms with Crippen molar-refractivity contribution in [3.05, 3.63) is 107 Å². The number of aryl methyl sites for hydroxylation is 2. The summed E-state index contributed by atoms with van der Waals surface area (Å²) in [5, 5.41) is 29.1. The highest BCUT2D eigenvalue weighted by Crippen LogP contribution is 2.32. The van der Waals surface area contributed by atoms with Crippen LogP contribution in [0, 0.1) is 19.8 Å². The average molecular weight is 634 g/mol. The molecule has 0 bridgehead atoms. The van der Waals surface area contributed by atoms with Crippen LogP contribution in [0.1, 0.15) is 69.5 Å². The van der Waals surface area contributed by atoms with Gasteiger partial charge in [0.15, 0.2) is 12.2 Å². The van der Waals surface area contributed by atoms with Crippen LogP contribution in [0.15, 0.2) is 78.9 Å². The number of piperidine rings is 1. The number of aliphatic hydroxyl groups excluding tert-OH is 3. The first-order valence-corrected chi connectivity index (χ1v) is 15.4. The third kappa shape index (κ3) is 10.7. The van der Waals surface area contributed by atoms with Crippen molar-refractivity contribution in [2.24, 2.45) is 5.92 Å². The standard InChI is InChI=1S/C20H18O8.C16H25NO/c1-11-3-7-13(8-4-11)17(23)27-19(25)15(21)16(22)20(26)28-18(24)14-9-5-12(2)6-10-14;1-2-3-10-17-11-9-16(15(12-17)13-18)14-7-5-4-6-8-14/h3-10,15-16,21-22H,1-2H3;4-8,15-16,18H,2-3,9-13H2,1H3/t;15-,16-/m.0/s1. The molecule has 3 aromatic rings. The molecule has 0 saturated carbocycles. The molecule has 0 aliphatic carbocycles. The minimum atomic E-state index is -2.41. The summed E-state index contributed by atoms with van der Waals surface area (Å²) in [7, 11) is 0. The number of carbonyl (C=O) groups excluding carboxylic acids is 4. The predicted octanol–water partition coefficient (Wildman–Crippen LogP) is 3.98. The van der Waals surface area contributed by atoms with Crippen LogP contribution < -0.4 is 0 Å². The van der Waals surface area contributed by atoms with Crippen LogP contribution in [0.2, 0.25) is 0 Å². The van der Waals surface area contributed by atoms with Gasteiger partial charge in [-0.15, -0.1) is 0 Å². The smallest absolute Gasteiger partial charge is 0.346 e. The zero-order chi connectivity index (χ0) is 33.6. The largest absolute Gasteiger partial charge is 0.396 e. The van der Waals surface area contributed by atoms with Gasteiger partial charge >= 0.3 is 23.9 Å². The second kappa shape index (κ2) is 18.1. The van der Waals surface area contributed by atoms with Crippen LogP contribution in [0.4, 0.5) is 0 Å². The maximum atomic E-state index is 11.8. The van der Waals surface area contributed by atoms with E-state index in [1.807, 2.05) is 0 Å². The Kier molecular flexibility index (Phi) is 14.2. The van der Waals surface area contributed by atoms with Gasteiger partial charge in [-0.05, 0) is 75.5 Å². The second-order valence-electron chi connectivity index (χ2n) is 11.4. The van der Waals surface area contributed by atoms with Crippen molar-refractivity contribution >= 4 is 23.9 Å². The molecule has 0 spiro atoms. The summed E-state index contributed by atoms with van der Waals surface area (Å²) in [6.45, 7) is 9.55. The summed E-state index contributed by atoms with van der Waals surface area (Å²) in [5.41, 5.74) is 3.22. The van der Waals surface area contributed by atoms with Crippen molar-refractivity contribution in [3.63, 3.8) is 0 Å². The molecule has 246 valence electrons. The van der Waals surface area contributed by atoms with Crippen LogP contribution in [0.25, 0.3) is 0 Å². The molecule has 1 saturated heterocycles. The number of nitrogens with zero attached hydrogens (tertiary/aromatic N) is 1. The van der Waals surface area contributed by atoms with Gasteiger partial charge in [-0.2, -0.15) is 0 Å². The Balaban J connectivity index is 0.000000275. The lowest BCUT2D eigenvalue weighted by atomic mass is 9.81. The number of likely N-dealkylation sites (tertiary alicyclic amines) is 1. The minimum absolute atomic E-state index is 0.0396. The van der Waals surface area contributed by atoms with Crippen molar-refractivity contribution in [2.45, 2.75) is 58.2 Å². The molecule has 1 aliphatic rings. The number of rotatable bonds is 10. The molecule has 10 nitrogen and oxygen atoms in total. The number of esters is 4. The molecule has 0 amide bonds. The molecule has 10 heteroatoms. The van der Waals surface area contributed by atoms with Gasteiger partial charge < -0.3 is 29.7 Å². The van der Waals surface area contributed by atoms with Crippen molar-refractivity contribution in [3.8, 4) is 0 Å². The molecule has 1 heterocycles. The first kappa shape index (κ1) is 36.3. The number of unbranched alkanes of at least 4 members (excludes halogenated alkanes) is 1. The van der Waals surface area contributed by atoms with Gasteiger partial charge in [0.25, 0.3) is 0 Å². The van der Waals surface area contributed by atoms with E-state index in [1.54, 1.807) is 38.1 Å². The Morgan fingerprint density at radius 1 is 0.783 bits per heavy atom. The van der Waals surface area contributed by atoms with Crippen LogP contribution in [-0.4, -0.2) is 82.5 Å². The van der Waals surface area contributed by atoms with E-state index in [0.29, 0.717) is 18.4 Å². The molecular weight excluding hydrogens is 590 g/mol. The molecular formula is C36H43NO9. The molecule has 46 heavy (non-hydrogen) atoms. The molecule has 2 unspecified atom stereocenters. The number of benzene rings is 3. The van der Waals surface area contributed by atoms with Gasteiger partial charge in [-0.3, -0.25) is 0 Å². The fraction of sp³-hybridized carbons (Fsp3) is 0.389. The van der Waals surface area contributed by atoms with Gasteiger partial charge in [0.1, 0.15) is 0 Å². The van der Waals surface area contributed by atoms with Crippen LogP contribution in [0.3, 0.4) is 0 Å². The van der Waals surface area contributed by atoms with Crippen LogP contribution >= 0.6 is 0 Å². The number of carbonyl (C=O) groups is 4. The highest BCUT2D eigenvalue weighted by atomic mass is 16.6. The molecule has 0 aromatic heterocycles. The fourth-order valence-electron chi connectivity index (χ4n) is 5.07. The molecule has 0 radical (unpaired) electrons. The molecule has 4 atom stereocenters. The Labute approximate surface area is 269 Å². The summed E-state index contributed by atoms with van der Waals surface area (Å²) < 4.78 is 8.86. The van der Waals surface area contributed by atoms with E-state index in [9.17, 15) is 34.5 Å². The van der Waals surface area contributed by atoms with Crippen molar-refractivity contribution in [1.29, 1.82) is 0 Å². The maximum absolute atomic E-state index is 11.8. The van der Waals surface area contributed by atoms with Gasteiger partial charge in [-0.25, -0.2) is 19.2 Å². The van der Waals surface area contributed by atoms with E-state index < -0.39 is 36.1 Å². The van der Waals surface area contributed by atoms with Gasteiger partial charge in [0.2, 0.25) is 0 Å². The summed E-state index contributed by atoms with van der Waals surface area (Å²) in [6.07, 6.45) is -1.12. The minimum Gasteiger partial charge on any atom is -0.396 e. The zero-order valence-electron chi connectivity index (χ0n) is 26.5. The normalized spacial score (nSPS) is 17.5. The lowest BCUT2D eigenvalue weighted by molar-refractivity contribution is -0.166. The van der Waals surface area contributed by atoms with E-state index in [4.69, 9.17) is 0 Å². The van der Waals surface area contributed by atoms with Crippen molar-refractivity contribution < 1.29 is 44.0 Å². The highest BCUT2D eigenvalue weighted by Gasteiger charge is 2.35. The molecule has 3 aromatic carbocycles. The van der Waals surface area contributed by atoms with Gasteiger partial charge in [-0.1, -0.05) is 79.1 Å². The Hall–Kier alpha value is -4.22. The lowest BCUT2D eigenvalue weighted by Gasteiger charge is -2.38. The van der Waals surface area contributed by atoms with Crippen LogP contribution in [0.5, 0.6) is 0 Å². The molecule has 1 aliphatic heterocycles. The number of hydrogen-bond acceptors (Lipinski definition) is 10. The van der Waals surface area contributed by atoms with E-state index >= 15 is 0 Å². The van der Waals surface area contributed by atoms with E-state index in [0.717, 1.165) is 17.7 Å². The lowest BCUT2D eigenvalue weighted by Crippen LogP contribution is -2.43. The Bertz CT molecular complexity index is 1350. The quantitative estimate of drug-likeness (QED) is 0.221. The Morgan fingerprint density at radius 3 is 1.70 bits per heavy atom. The Morgan fingerprint density at radius 2 is 1.26 bits per heavy atom. The highest BCUT2D eigenvalue weighted by molar-refractivity contribution is 6.01. The summed E-state index contributed by atoms with van der Waals surface area (Å²) in [4.78, 5) is 49.8. The maximum Gasteiger partial charge on any atom is 0.346 e. The third-order valence-electron chi connectivity index (χ3n) is 7.85. The fourth-order valence-corrected chi connectivity index (χ4v) is 5.07. The summed E-state index contributed by atoms with van der Waals surface area (Å²) >= 11 is 0. The zero-order valence-corrected chi connectivity index (χ0v) is 26.5. The van der Waals surface area contributed by atoms with Gasteiger partial charge in [0, 0.05) is 19.1 Å². The first-order valence-electron chi connectivity index (χ1n) is 15.4. The first-order chi connectivity index (χ1) is 22.0. The molecule has 4 rings (SSSR count). The summed E-state index contributed by atoms with van der Waals surface area (Å²) in [5.74, 6) is -4.32. The van der Waals surface area contributed by atoms with E-state index in [2.05, 4.69) is 51.6 Å². The predicted molar refractivity (Wildman–Crippen MR) is 171 cm³/mol. The number of ether oxygens (including phenoxy) is 2. The van der Waals surface area contributed by atoms with Crippen molar-refractivity contribution in [1.82, 2.24) is 4.90 Å². The van der Waals surface area contributed by atoms with Crippen molar-refractivity contribution in [2.75, 3.05) is 26.2 Å². The summed E-state index contributed by atoms with van der Waals surface area (Å²) in [6, 6.07) is 22.7. The topological polar surface area (TPSA) is 151 Å². The molecule has 3 N–H and O–H groups in total. The SMILES string of the molecule is CCCCN1CC[C@@H](c2ccccc2)[C@H](CO)C1.Cc1ccc(C(=O)OC(=O)C(O)C(O)C(=O)OC(=O)c2ccc(C)cc2)cc1. The second-order valence-corrected chi connectivity index (χ2v) is 11.4. The van der Waals surface area contributed by atoms with E-state index in [1.165, 1.54) is 62.2 Å². The number of aliphatic hydroxyl groups is 3. The van der Waals surface area contributed by atoms with Crippen LogP contribution in [-0.2, 0) is 19.1 Å². The van der Waals surface area contributed by atoms with Gasteiger partial charge in [0.05, 0.1) is 11.1 Å². The average Bonchev–Trinajstić information content (AvgIpc) is 3.07. The van der Waals surface area contributed by atoms with E-state index in [-0.39, 0.29) is 11.1 Å². The number of hydrogen-bond donors (Lipinski definition) is 3. The third-order valence-corrected chi connectivity index (χ3v) is 7.85.